The van der Waals surface area contributed by atoms with Crippen LogP contribution in [0, 0.1) is 11.8 Å². The van der Waals surface area contributed by atoms with E-state index in [9.17, 15) is 9.59 Å². The first-order valence-electron chi connectivity index (χ1n) is 5.85. The van der Waals surface area contributed by atoms with Crippen LogP contribution < -0.4 is 0 Å². The molecule has 1 fully saturated rings. The SMILES string of the molecule is CCC1CN(C(=O)CC(C)C)CCC1=O. The van der Waals surface area contributed by atoms with Gasteiger partial charge in [-0.2, -0.15) is 0 Å². The molecule has 3 nitrogen and oxygen atoms in total. The second kappa shape index (κ2) is 5.29. The fraction of sp³-hybridized carbons (Fsp3) is 0.833. The number of nitrogens with zero attached hydrogens (tertiary/aromatic N) is 1. The van der Waals surface area contributed by atoms with Gasteiger partial charge in [0.15, 0.2) is 0 Å². The Bertz CT molecular complexity index is 248. The molecule has 0 bridgehead atoms. The van der Waals surface area contributed by atoms with Crippen molar-refractivity contribution in [3.05, 3.63) is 0 Å². The number of rotatable bonds is 3. The van der Waals surface area contributed by atoms with E-state index in [0.717, 1.165) is 6.42 Å². The van der Waals surface area contributed by atoms with Crippen LogP contribution in [0.3, 0.4) is 0 Å². The third-order valence-corrected chi connectivity index (χ3v) is 2.95. The molecule has 1 atom stereocenters. The maximum Gasteiger partial charge on any atom is 0.222 e. The summed E-state index contributed by atoms with van der Waals surface area (Å²) < 4.78 is 0. The van der Waals surface area contributed by atoms with Crippen molar-refractivity contribution in [3.63, 3.8) is 0 Å². The van der Waals surface area contributed by atoms with Crippen LogP contribution >= 0.6 is 0 Å². The summed E-state index contributed by atoms with van der Waals surface area (Å²) in [5.41, 5.74) is 0. The summed E-state index contributed by atoms with van der Waals surface area (Å²) in [5.74, 6) is 1.01. The monoisotopic (exact) mass is 211 g/mol. The van der Waals surface area contributed by atoms with E-state index in [1.165, 1.54) is 0 Å². The van der Waals surface area contributed by atoms with Crippen molar-refractivity contribution in [1.29, 1.82) is 0 Å². The van der Waals surface area contributed by atoms with Crippen LogP contribution in [0.5, 0.6) is 0 Å². The number of ketones is 1. The number of piperidine rings is 1. The van der Waals surface area contributed by atoms with E-state index >= 15 is 0 Å². The van der Waals surface area contributed by atoms with Crippen molar-refractivity contribution in [2.75, 3.05) is 13.1 Å². The van der Waals surface area contributed by atoms with E-state index in [4.69, 9.17) is 0 Å². The second-order valence-electron chi connectivity index (χ2n) is 4.76. The normalized spacial score (nSPS) is 22.3. The molecule has 0 aliphatic carbocycles. The number of amides is 1. The van der Waals surface area contributed by atoms with Crippen LogP contribution in [-0.2, 0) is 9.59 Å². The standard InChI is InChI=1S/C12H21NO2/c1-4-10-8-13(6-5-11(10)14)12(15)7-9(2)3/h9-10H,4-8H2,1-3H3. The molecule has 0 radical (unpaired) electrons. The van der Waals surface area contributed by atoms with Gasteiger partial charge >= 0.3 is 0 Å². The minimum Gasteiger partial charge on any atom is -0.342 e. The summed E-state index contributed by atoms with van der Waals surface area (Å²) in [7, 11) is 0. The highest BCUT2D eigenvalue weighted by Crippen LogP contribution is 2.17. The van der Waals surface area contributed by atoms with E-state index in [1.807, 2.05) is 25.7 Å². The number of Topliss-reactive ketones (excluding diaryl/α,β-unsaturated/α-hetero) is 1. The number of likely N-dealkylation sites (tertiary alicyclic amines) is 1. The first kappa shape index (κ1) is 12.2. The number of carbonyl (C=O) groups is 2. The largest absolute Gasteiger partial charge is 0.342 e. The molecule has 0 N–H and O–H groups in total. The van der Waals surface area contributed by atoms with Gasteiger partial charge in [0.2, 0.25) is 5.91 Å². The van der Waals surface area contributed by atoms with Crippen molar-refractivity contribution in [2.45, 2.75) is 40.0 Å². The third kappa shape index (κ3) is 3.33. The lowest BCUT2D eigenvalue weighted by Gasteiger charge is -2.31. The van der Waals surface area contributed by atoms with Gasteiger partial charge in [-0.15, -0.1) is 0 Å². The smallest absolute Gasteiger partial charge is 0.222 e. The van der Waals surface area contributed by atoms with Crippen molar-refractivity contribution in [1.82, 2.24) is 4.90 Å². The summed E-state index contributed by atoms with van der Waals surface area (Å²) in [5, 5.41) is 0. The number of hydrogen-bond donors (Lipinski definition) is 0. The predicted octanol–water partition coefficient (Wildman–Crippen LogP) is 1.86. The topological polar surface area (TPSA) is 37.4 Å². The summed E-state index contributed by atoms with van der Waals surface area (Å²) in [4.78, 5) is 25.1. The molecule has 0 aromatic carbocycles. The molecule has 1 unspecified atom stereocenters. The van der Waals surface area contributed by atoms with Crippen LogP contribution in [0.4, 0.5) is 0 Å². The van der Waals surface area contributed by atoms with Crippen molar-refractivity contribution in [2.24, 2.45) is 11.8 Å². The zero-order valence-corrected chi connectivity index (χ0v) is 9.95. The molecule has 0 saturated carbocycles. The maximum absolute atomic E-state index is 11.8. The molecular formula is C12H21NO2. The molecule has 15 heavy (non-hydrogen) atoms. The molecule has 0 spiro atoms. The average molecular weight is 211 g/mol. The molecule has 0 aromatic rings. The fourth-order valence-corrected chi connectivity index (χ4v) is 1.97. The molecular weight excluding hydrogens is 190 g/mol. The Kier molecular flexibility index (Phi) is 4.30. The highest BCUT2D eigenvalue weighted by atomic mass is 16.2. The van der Waals surface area contributed by atoms with Gasteiger partial charge in [0, 0.05) is 31.8 Å². The summed E-state index contributed by atoms with van der Waals surface area (Å²) in [6.07, 6.45) is 2.00. The van der Waals surface area contributed by atoms with Crippen LogP contribution in [0.1, 0.15) is 40.0 Å². The molecule has 1 rings (SSSR count). The molecule has 1 aliphatic heterocycles. The third-order valence-electron chi connectivity index (χ3n) is 2.95. The Labute approximate surface area is 91.8 Å². The maximum atomic E-state index is 11.8. The summed E-state index contributed by atoms with van der Waals surface area (Å²) in [6, 6.07) is 0. The van der Waals surface area contributed by atoms with E-state index in [0.29, 0.717) is 37.6 Å². The van der Waals surface area contributed by atoms with Crippen molar-refractivity contribution >= 4 is 11.7 Å². The minimum absolute atomic E-state index is 0.0786. The van der Waals surface area contributed by atoms with Gasteiger partial charge in [0.25, 0.3) is 0 Å². The van der Waals surface area contributed by atoms with Gasteiger partial charge < -0.3 is 4.90 Å². The minimum atomic E-state index is 0.0786. The highest BCUT2D eigenvalue weighted by Gasteiger charge is 2.28. The zero-order chi connectivity index (χ0) is 11.4. The molecule has 3 heteroatoms. The van der Waals surface area contributed by atoms with Gasteiger partial charge in [0.05, 0.1) is 0 Å². The molecule has 0 aromatic heterocycles. The van der Waals surface area contributed by atoms with E-state index in [1.54, 1.807) is 0 Å². The number of carbonyl (C=O) groups excluding carboxylic acids is 2. The lowest BCUT2D eigenvalue weighted by atomic mass is 9.93. The van der Waals surface area contributed by atoms with E-state index < -0.39 is 0 Å². The van der Waals surface area contributed by atoms with Crippen LogP contribution in [0.2, 0.25) is 0 Å². The lowest BCUT2D eigenvalue weighted by Crippen LogP contribution is -2.44. The Morgan fingerprint density at radius 1 is 1.53 bits per heavy atom. The van der Waals surface area contributed by atoms with Gasteiger partial charge in [-0.05, 0) is 12.3 Å². The quantitative estimate of drug-likeness (QED) is 0.714. The Morgan fingerprint density at radius 2 is 2.20 bits per heavy atom. The first-order chi connectivity index (χ1) is 7.04. The fourth-order valence-electron chi connectivity index (χ4n) is 1.97. The summed E-state index contributed by atoms with van der Waals surface area (Å²) in [6.45, 7) is 7.37. The predicted molar refractivity (Wildman–Crippen MR) is 59.4 cm³/mol. The average Bonchev–Trinajstić information content (AvgIpc) is 2.17. The van der Waals surface area contributed by atoms with E-state index in [2.05, 4.69) is 0 Å². The zero-order valence-electron chi connectivity index (χ0n) is 9.95. The van der Waals surface area contributed by atoms with Gasteiger partial charge in [-0.25, -0.2) is 0 Å². The second-order valence-corrected chi connectivity index (χ2v) is 4.76. The van der Waals surface area contributed by atoms with Gasteiger partial charge in [0.1, 0.15) is 5.78 Å². The molecule has 86 valence electrons. The lowest BCUT2D eigenvalue weighted by molar-refractivity contribution is -0.137. The molecule has 1 saturated heterocycles. The van der Waals surface area contributed by atoms with Crippen molar-refractivity contribution in [3.8, 4) is 0 Å². The van der Waals surface area contributed by atoms with Crippen LogP contribution in [0.15, 0.2) is 0 Å². The molecule has 1 amide bonds. The highest BCUT2D eigenvalue weighted by molar-refractivity contribution is 5.85. The van der Waals surface area contributed by atoms with E-state index in [-0.39, 0.29) is 11.8 Å². The number of hydrogen-bond acceptors (Lipinski definition) is 2. The molecule has 1 aliphatic rings. The Balaban J connectivity index is 2.50. The molecule has 1 heterocycles. The van der Waals surface area contributed by atoms with Crippen LogP contribution in [-0.4, -0.2) is 29.7 Å². The van der Waals surface area contributed by atoms with Gasteiger partial charge in [-0.3, -0.25) is 9.59 Å². The first-order valence-corrected chi connectivity index (χ1v) is 5.85. The summed E-state index contributed by atoms with van der Waals surface area (Å²) >= 11 is 0. The van der Waals surface area contributed by atoms with Gasteiger partial charge in [-0.1, -0.05) is 20.8 Å². The van der Waals surface area contributed by atoms with Crippen LogP contribution in [0.25, 0.3) is 0 Å². The Hall–Kier alpha value is -0.860. The van der Waals surface area contributed by atoms with Crippen molar-refractivity contribution < 1.29 is 9.59 Å². The Morgan fingerprint density at radius 3 is 2.73 bits per heavy atom.